The summed E-state index contributed by atoms with van der Waals surface area (Å²) in [6, 6.07) is 40.5. The van der Waals surface area contributed by atoms with Crippen LogP contribution in [0.1, 0.15) is 10.4 Å². The molecular formula is C38H23BF5NO5S. The van der Waals surface area contributed by atoms with E-state index in [1.165, 1.54) is 0 Å². The van der Waals surface area contributed by atoms with E-state index in [1.54, 1.807) is 11.8 Å². The number of carbonyl (C=O) groups is 2. The van der Waals surface area contributed by atoms with E-state index in [0.717, 1.165) is 43.2 Å². The highest BCUT2D eigenvalue weighted by molar-refractivity contribution is 7.99. The van der Waals surface area contributed by atoms with Crippen LogP contribution in [0.5, 0.6) is 5.75 Å². The second-order valence-electron chi connectivity index (χ2n) is 10.9. The summed E-state index contributed by atoms with van der Waals surface area (Å²) >= 11 is 1.69. The Bertz CT molecular complexity index is 2220. The van der Waals surface area contributed by atoms with Crippen LogP contribution in [0, 0.1) is 29.1 Å². The number of rotatable bonds is 7. The van der Waals surface area contributed by atoms with Gasteiger partial charge in [-0.3, -0.25) is 9.59 Å². The number of ketones is 1. The number of benzene rings is 6. The predicted octanol–water partition coefficient (Wildman–Crippen LogP) is 8.70. The Balaban J connectivity index is 0.000000252. The molecule has 6 aromatic rings. The van der Waals surface area contributed by atoms with Gasteiger partial charge in [-0.15, -0.1) is 0 Å². The van der Waals surface area contributed by atoms with E-state index in [0.29, 0.717) is 11.3 Å². The Labute approximate surface area is 292 Å². The average Bonchev–Trinajstić information content (AvgIpc) is 3.44. The molecule has 3 N–H and O–H groups in total. The monoisotopic (exact) mass is 711 g/mol. The van der Waals surface area contributed by atoms with Gasteiger partial charge >= 0.3 is 7.32 Å². The zero-order valence-electron chi connectivity index (χ0n) is 26.0. The lowest BCUT2D eigenvalue weighted by Gasteiger charge is -2.19. The minimum absolute atomic E-state index is 0.432. The first-order chi connectivity index (χ1) is 24.5. The molecule has 1 aliphatic rings. The topological polar surface area (TPSA) is 95.9 Å². The van der Waals surface area contributed by atoms with Crippen molar-refractivity contribution in [2.45, 2.75) is 9.79 Å². The van der Waals surface area contributed by atoms with Crippen LogP contribution in [0.3, 0.4) is 0 Å². The quantitative estimate of drug-likeness (QED) is 0.0505. The summed E-state index contributed by atoms with van der Waals surface area (Å²) in [7, 11) is -2.70. The van der Waals surface area contributed by atoms with E-state index in [2.05, 4.69) is 46.4 Å². The van der Waals surface area contributed by atoms with Gasteiger partial charge in [0.2, 0.25) is 29.1 Å². The number of Topliss-reactive ketones (excluding diaryl/α,β-unsaturated/α-hetero) is 1. The Hall–Kier alpha value is -5.76. The lowest BCUT2D eigenvalue weighted by molar-refractivity contribution is -0.112. The van der Waals surface area contributed by atoms with Gasteiger partial charge in [0.25, 0.3) is 11.7 Å². The SMILES string of the molecule is O=C1Nc2cc(-c3ccccc3)c(-c3ccccc3)c(-c3ccc(Sc4ccccc4)cc3)c2C1=O.OB(O)Oc1c(F)c(F)c(F)c(F)c1F. The predicted molar refractivity (Wildman–Crippen MR) is 183 cm³/mol. The van der Waals surface area contributed by atoms with Crippen molar-refractivity contribution in [3.05, 3.63) is 156 Å². The molecule has 0 saturated heterocycles. The van der Waals surface area contributed by atoms with Gasteiger partial charge < -0.3 is 20.0 Å². The fourth-order valence-corrected chi connectivity index (χ4v) is 6.29. The third-order valence-corrected chi connectivity index (χ3v) is 8.69. The van der Waals surface area contributed by atoms with Gasteiger partial charge in [-0.25, -0.2) is 13.2 Å². The normalized spacial score (nSPS) is 11.7. The molecule has 0 unspecified atom stereocenters. The number of halogens is 5. The van der Waals surface area contributed by atoms with E-state index in [-0.39, 0.29) is 0 Å². The standard InChI is InChI=1S/C32H21NO2S.C6H2BF5O3/c34-31-30-27(33-32(31)35)20-26(21-10-4-1-5-11-21)28(22-12-6-2-7-13-22)29(30)23-16-18-25(19-17-23)36-24-14-8-3-9-15-24;8-1-2(9)4(11)6(15-7(13)14)5(12)3(1)10/h1-20H,(H,33,34,35);13-14H. The van der Waals surface area contributed by atoms with E-state index in [9.17, 15) is 31.5 Å². The van der Waals surface area contributed by atoms with E-state index < -0.39 is 53.8 Å². The molecule has 51 heavy (non-hydrogen) atoms. The van der Waals surface area contributed by atoms with Gasteiger partial charge in [-0.1, -0.05) is 103 Å². The van der Waals surface area contributed by atoms with Crippen LogP contribution >= 0.6 is 11.8 Å². The number of amides is 1. The summed E-state index contributed by atoms with van der Waals surface area (Å²) in [4.78, 5) is 27.9. The molecule has 1 aliphatic heterocycles. The molecule has 1 heterocycles. The van der Waals surface area contributed by atoms with Gasteiger partial charge in [0, 0.05) is 15.4 Å². The number of fused-ring (bicyclic) bond motifs is 1. The zero-order valence-corrected chi connectivity index (χ0v) is 26.9. The van der Waals surface area contributed by atoms with Gasteiger partial charge in [0.05, 0.1) is 11.3 Å². The first kappa shape index (κ1) is 35.1. The Morgan fingerprint density at radius 1 is 0.549 bits per heavy atom. The van der Waals surface area contributed by atoms with Gasteiger partial charge in [-0.05, 0) is 58.1 Å². The first-order valence-electron chi connectivity index (χ1n) is 15.1. The molecular weight excluding hydrogens is 688 g/mol. The lowest BCUT2D eigenvalue weighted by atomic mass is 9.83. The molecule has 254 valence electrons. The van der Waals surface area contributed by atoms with Gasteiger partial charge in [0.1, 0.15) is 0 Å². The molecule has 7 rings (SSSR count). The molecule has 0 aromatic heterocycles. The Morgan fingerprint density at radius 3 is 1.57 bits per heavy atom. The molecule has 1 amide bonds. The van der Waals surface area contributed by atoms with Crippen molar-refractivity contribution in [1.82, 2.24) is 0 Å². The van der Waals surface area contributed by atoms with Crippen molar-refractivity contribution in [3.8, 4) is 39.1 Å². The smallest absolute Gasteiger partial charge is 0.507 e. The number of hydrogen-bond donors (Lipinski definition) is 3. The molecule has 0 saturated carbocycles. The summed E-state index contributed by atoms with van der Waals surface area (Å²) in [5, 5.41) is 19.1. The van der Waals surface area contributed by atoms with Crippen LogP contribution in [0.15, 0.2) is 131 Å². The highest BCUT2D eigenvalue weighted by atomic mass is 32.2. The van der Waals surface area contributed by atoms with Gasteiger partial charge in [-0.2, -0.15) is 8.78 Å². The third kappa shape index (κ3) is 7.27. The van der Waals surface area contributed by atoms with Crippen LogP contribution in [-0.2, 0) is 4.79 Å². The highest BCUT2D eigenvalue weighted by Gasteiger charge is 2.34. The third-order valence-electron chi connectivity index (χ3n) is 7.67. The number of hydrogen-bond acceptors (Lipinski definition) is 6. The fourth-order valence-electron chi connectivity index (χ4n) is 5.46. The minimum atomic E-state index is -2.70. The summed E-state index contributed by atoms with van der Waals surface area (Å²) in [6.45, 7) is 0. The second kappa shape index (κ2) is 15.0. The van der Waals surface area contributed by atoms with Crippen molar-refractivity contribution in [2.24, 2.45) is 0 Å². The van der Waals surface area contributed by atoms with Crippen LogP contribution < -0.4 is 9.97 Å². The molecule has 0 aliphatic carbocycles. The van der Waals surface area contributed by atoms with Crippen molar-refractivity contribution in [3.63, 3.8) is 0 Å². The molecule has 0 spiro atoms. The van der Waals surface area contributed by atoms with E-state index in [1.807, 2.05) is 84.9 Å². The minimum Gasteiger partial charge on any atom is -0.507 e. The summed E-state index contributed by atoms with van der Waals surface area (Å²) in [5.41, 5.74) is 6.57. The summed E-state index contributed by atoms with van der Waals surface area (Å²) in [5.74, 6) is -14.2. The van der Waals surface area contributed by atoms with Crippen molar-refractivity contribution in [2.75, 3.05) is 5.32 Å². The molecule has 0 radical (unpaired) electrons. The second-order valence-corrected chi connectivity index (χ2v) is 12.0. The average molecular weight is 711 g/mol. The molecule has 0 bridgehead atoms. The fraction of sp³-hybridized carbons (Fsp3) is 0. The van der Waals surface area contributed by atoms with Crippen molar-refractivity contribution < 1.29 is 46.2 Å². The molecule has 6 nitrogen and oxygen atoms in total. The van der Waals surface area contributed by atoms with Crippen LogP contribution in [0.2, 0.25) is 0 Å². The maximum Gasteiger partial charge on any atom is 0.707 e. The largest absolute Gasteiger partial charge is 0.707 e. The number of nitrogens with one attached hydrogen (secondary N) is 1. The van der Waals surface area contributed by atoms with Crippen LogP contribution in [0.4, 0.5) is 27.6 Å². The van der Waals surface area contributed by atoms with E-state index in [4.69, 9.17) is 10.0 Å². The van der Waals surface area contributed by atoms with Crippen molar-refractivity contribution >= 4 is 36.5 Å². The highest BCUT2D eigenvalue weighted by Crippen LogP contribution is 2.47. The maximum absolute atomic E-state index is 13.1. The summed E-state index contributed by atoms with van der Waals surface area (Å²) < 4.78 is 66.3. The zero-order chi connectivity index (χ0) is 36.2. The maximum atomic E-state index is 13.1. The Kier molecular flexibility index (Phi) is 10.3. The van der Waals surface area contributed by atoms with Crippen molar-refractivity contribution in [1.29, 1.82) is 0 Å². The number of anilines is 1. The molecule has 13 heteroatoms. The number of carbonyl (C=O) groups excluding carboxylic acids is 2. The van der Waals surface area contributed by atoms with E-state index >= 15 is 0 Å². The molecule has 0 fully saturated rings. The summed E-state index contributed by atoms with van der Waals surface area (Å²) in [6.07, 6.45) is 0. The van der Waals surface area contributed by atoms with Gasteiger partial charge in [0.15, 0.2) is 5.75 Å². The first-order valence-corrected chi connectivity index (χ1v) is 15.9. The molecule has 0 atom stereocenters. The van der Waals surface area contributed by atoms with Crippen LogP contribution in [-0.4, -0.2) is 29.1 Å². The molecule has 6 aromatic carbocycles. The lowest BCUT2D eigenvalue weighted by Crippen LogP contribution is -2.23. The van der Waals surface area contributed by atoms with Crippen LogP contribution in [0.25, 0.3) is 33.4 Å². The Morgan fingerprint density at radius 2 is 1.02 bits per heavy atom.